The van der Waals surface area contributed by atoms with Crippen LogP contribution in [0.25, 0.3) is 0 Å². The van der Waals surface area contributed by atoms with E-state index in [4.69, 9.17) is 22.2 Å². The second kappa shape index (κ2) is 6.89. The molecule has 0 aromatic heterocycles. The Labute approximate surface area is 128 Å². The minimum Gasteiger partial charge on any atom is -0.494 e. The Hall–Kier alpha value is -1.62. The average molecular weight is 309 g/mol. The van der Waals surface area contributed by atoms with E-state index >= 15 is 0 Å². The van der Waals surface area contributed by atoms with Crippen molar-refractivity contribution in [2.24, 2.45) is 5.84 Å². The topological polar surface area (TPSA) is 47.3 Å². The molecule has 1 unspecified atom stereocenters. The molecule has 0 saturated heterocycles. The minimum atomic E-state index is -0.398. The van der Waals surface area contributed by atoms with Crippen LogP contribution >= 0.6 is 11.6 Å². The molecule has 0 bridgehead atoms. The van der Waals surface area contributed by atoms with Crippen molar-refractivity contribution >= 4 is 11.6 Å². The first-order valence-electron chi connectivity index (χ1n) is 6.59. The first-order valence-corrected chi connectivity index (χ1v) is 6.97. The van der Waals surface area contributed by atoms with Gasteiger partial charge in [-0.1, -0.05) is 29.8 Å². The maximum Gasteiger partial charge on any atom is 0.165 e. The number of ether oxygens (including phenoxy) is 1. The van der Waals surface area contributed by atoms with Crippen LogP contribution in [0.5, 0.6) is 5.75 Å². The van der Waals surface area contributed by atoms with Gasteiger partial charge in [0, 0.05) is 5.02 Å². The zero-order valence-corrected chi connectivity index (χ0v) is 12.7. The maximum absolute atomic E-state index is 13.5. The highest BCUT2D eigenvalue weighted by molar-refractivity contribution is 6.31. The molecule has 2 aromatic rings. The van der Waals surface area contributed by atoms with Crippen molar-refractivity contribution < 1.29 is 9.13 Å². The number of rotatable bonds is 5. The number of halogens is 2. The molecule has 0 amide bonds. The van der Waals surface area contributed by atoms with Crippen LogP contribution in [0.1, 0.15) is 22.7 Å². The summed E-state index contributed by atoms with van der Waals surface area (Å²) in [4.78, 5) is 0. The first-order chi connectivity index (χ1) is 10.0. The standard InChI is InChI=1S/C16H18ClFN2O/c1-10-3-4-11(13(17)7-10)8-15(20-19)12-5-6-14(18)16(9-12)21-2/h3-7,9,15,20H,8,19H2,1-2H3. The van der Waals surface area contributed by atoms with E-state index < -0.39 is 5.82 Å². The number of nitrogens with two attached hydrogens (primary N) is 1. The predicted octanol–water partition coefficient (Wildman–Crippen LogP) is 3.54. The summed E-state index contributed by atoms with van der Waals surface area (Å²) in [5.41, 5.74) is 5.66. The molecular weight excluding hydrogens is 291 g/mol. The molecule has 2 rings (SSSR count). The van der Waals surface area contributed by atoms with Crippen LogP contribution in [-0.2, 0) is 6.42 Å². The number of hydrogen-bond donors (Lipinski definition) is 2. The van der Waals surface area contributed by atoms with Crippen molar-refractivity contribution in [3.8, 4) is 5.75 Å². The number of methoxy groups -OCH3 is 1. The fraction of sp³-hybridized carbons (Fsp3) is 0.250. The van der Waals surface area contributed by atoms with Gasteiger partial charge in [-0.2, -0.15) is 0 Å². The monoisotopic (exact) mass is 308 g/mol. The number of nitrogens with one attached hydrogen (secondary N) is 1. The van der Waals surface area contributed by atoms with Crippen molar-refractivity contribution in [1.29, 1.82) is 0 Å². The lowest BCUT2D eigenvalue weighted by molar-refractivity contribution is 0.384. The summed E-state index contributed by atoms with van der Waals surface area (Å²) >= 11 is 6.25. The van der Waals surface area contributed by atoms with Crippen LogP contribution in [-0.4, -0.2) is 7.11 Å². The third-order valence-electron chi connectivity index (χ3n) is 3.41. The molecule has 0 aliphatic rings. The predicted molar refractivity (Wildman–Crippen MR) is 82.9 cm³/mol. The van der Waals surface area contributed by atoms with Gasteiger partial charge < -0.3 is 4.74 Å². The third-order valence-corrected chi connectivity index (χ3v) is 3.76. The molecule has 3 nitrogen and oxygen atoms in total. The van der Waals surface area contributed by atoms with Crippen LogP contribution in [0.4, 0.5) is 4.39 Å². The molecule has 0 fully saturated rings. The van der Waals surface area contributed by atoms with Gasteiger partial charge in [-0.15, -0.1) is 0 Å². The van der Waals surface area contributed by atoms with E-state index in [0.29, 0.717) is 11.4 Å². The van der Waals surface area contributed by atoms with Crippen molar-refractivity contribution in [1.82, 2.24) is 5.43 Å². The number of hydrazine groups is 1. The number of hydrogen-bond acceptors (Lipinski definition) is 3. The van der Waals surface area contributed by atoms with E-state index in [1.807, 2.05) is 25.1 Å². The SMILES string of the molecule is COc1cc(C(Cc2ccc(C)cc2Cl)NN)ccc1F. The van der Waals surface area contributed by atoms with Crippen molar-refractivity contribution in [2.75, 3.05) is 7.11 Å². The Morgan fingerprint density at radius 3 is 2.67 bits per heavy atom. The van der Waals surface area contributed by atoms with Crippen LogP contribution in [0.2, 0.25) is 5.02 Å². The summed E-state index contributed by atoms with van der Waals surface area (Å²) in [7, 11) is 1.43. The molecule has 0 saturated carbocycles. The van der Waals surface area contributed by atoms with Gasteiger partial charge in [0.05, 0.1) is 13.2 Å². The zero-order chi connectivity index (χ0) is 15.4. The molecule has 0 aliphatic heterocycles. The lowest BCUT2D eigenvalue weighted by Gasteiger charge is -2.18. The normalized spacial score (nSPS) is 12.2. The highest BCUT2D eigenvalue weighted by atomic mass is 35.5. The average Bonchev–Trinajstić information content (AvgIpc) is 2.47. The van der Waals surface area contributed by atoms with Crippen LogP contribution < -0.4 is 16.0 Å². The summed E-state index contributed by atoms with van der Waals surface area (Å²) in [6, 6.07) is 10.4. The summed E-state index contributed by atoms with van der Waals surface area (Å²) in [6.07, 6.45) is 0.602. The highest BCUT2D eigenvalue weighted by Crippen LogP contribution is 2.27. The molecule has 0 radical (unpaired) electrons. The Bertz CT molecular complexity index is 634. The van der Waals surface area contributed by atoms with E-state index in [9.17, 15) is 4.39 Å². The number of benzene rings is 2. The Morgan fingerprint density at radius 2 is 2.05 bits per heavy atom. The van der Waals surface area contributed by atoms with Crippen LogP contribution in [0.3, 0.4) is 0 Å². The van der Waals surface area contributed by atoms with Crippen LogP contribution in [0.15, 0.2) is 36.4 Å². The van der Waals surface area contributed by atoms with Crippen LogP contribution in [0, 0.1) is 12.7 Å². The van der Waals surface area contributed by atoms with Gasteiger partial charge in [-0.05, 0) is 48.2 Å². The first kappa shape index (κ1) is 15.8. The van der Waals surface area contributed by atoms with Gasteiger partial charge in [0.25, 0.3) is 0 Å². The molecule has 2 aromatic carbocycles. The van der Waals surface area contributed by atoms with E-state index in [2.05, 4.69) is 5.43 Å². The molecule has 0 aliphatic carbocycles. The van der Waals surface area contributed by atoms with Crippen molar-refractivity contribution in [3.05, 3.63) is 63.9 Å². The Morgan fingerprint density at radius 1 is 1.29 bits per heavy atom. The summed E-state index contributed by atoms with van der Waals surface area (Å²) in [6.45, 7) is 1.99. The van der Waals surface area contributed by atoms with Crippen molar-refractivity contribution in [2.45, 2.75) is 19.4 Å². The smallest absolute Gasteiger partial charge is 0.165 e. The fourth-order valence-corrected chi connectivity index (χ4v) is 2.52. The Balaban J connectivity index is 2.27. The third kappa shape index (κ3) is 3.73. The highest BCUT2D eigenvalue weighted by Gasteiger charge is 2.15. The van der Waals surface area contributed by atoms with Crippen molar-refractivity contribution in [3.63, 3.8) is 0 Å². The second-order valence-corrected chi connectivity index (χ2v) is 5.32. The summed E-state index contributed by atoms with van der Waals surface area (Å²) < 4.78 is 18.5. The Kier molecular flexibility index (Phi) is 5.17. The molecule has 0 heterocycles. The van der Waals surface area contributed by atoms with Gasteiger partial charge in [0.15, 0.2) is 11.6 Å². The van der Waals surface area contributed by atoms with Gasteiger partial charge in [0.2, 0.25) is 0 Å². The van der Waals surface area contributed by atoms with Gasteiger partial charge in [-0.25, -0.2) is 4.39 Å². The zero-order valence-electron chi connectivity index (χ0n) is 12.0. The van der Waals surface area contributed by atoms with E-state index in [0.717, 1.165) is 16.7 Å². The second-order valence-electron chi connectivity index (χ2n) is 4.91. The van der Waals surface area contributed by atoms with Gasteiger partial charge >= 0.3 is 0 Å². The lowest BCUT2D eigenvalue weighted by Crippen LogP contribution is -2.29. The lowest BCUT2D eigenvalue weighted by atomic mass is 9.98. The minimum absolute atomic E-state index is 0.181. The molecule has 3 N–H and O–H groups in total. The number of aryl methyl sites for hydroxylation is 1. The van der Waals surface area contributed by atoms with E-state index in [1.54, 1.807) is 12.1 Å². The molecule has 21 heavy (non-hydrogen) atoms. The largest absolute Gasteiger partial charge is 0.494 e. The summed E-state index contributed by atoms with van der Waals surface area (Å²) in [5, 5.41) is 0.698. The van der Waals surface area contributed by atoms with E-state index in [1.165, 1.54) is 13.2 Å². The van der Waals surface area contributed by atoms with Gasteiger partial charge in [0.1, 0.15) is 0 Å². The maximum atomic E-state index is 13.5. The van der Waals surface area contributed by atoms with E-state index in [-0.39, 0.29) is 11.8 Å². The molecule has 112 valence electrons. The molecular formula is C16H18ClFN2O. The summed E-state index contributed by atoms with van der Waals surface area (Å²) in [5.74, 6) is 5.43. The quantitative estimate of drug-likeness (QED) is 0.656. The molecule has 5 heteroatoms. The fourth-order valence-electron chi connectivity index (χ4n) is 2.20. The van der Waals surface area contributed by atoms with Gasteiger partial charge in [-0.3, -0.25) is 11.3 Å². The molecule has 0 spiro atoms. The molecule has 1 atom stereocenters.